The fraction of sp³-hybridized carbons (Fsp3) is 0.438. The summed E-state index contributed by atoms with van der Waals surface area (Å²) in [5.74, 6) is -1.74. The van der Waals surface area contributed by atoms with Gasteiger partial charge in [-0.1, -0.05) is 68.8 Å². The third-order valence-corrected chi connectivity index (χ3v) is 7.88. The summed E-state index contributed by atoms with van der Waals surface area (Å²) in [5.41, 5.74) is 1.76. The molecule has 1 unspecified atom stereocenters. The molecule has 9 nitrogen and oxygen atoms in total. The molecule has 5 atom stereocenters. The summed E-state index contributed by atoms with van der Waals surface area (Å²) in [5, 5.41) is 6.49. The molecule has 3 aromatic rings. The lowest BCUT2D eigenvalue weighted by Crippen LogP contribution is -2.52. The van der Waals surface area contributed by atoms with Crippen molar-refractivity contribution in [3.63, 3.8) is 0 Å². The molecule has 2 heterocycles. The Balaban J connectivity index is 1.47. The van der Waals surface area contributed by atoms with Gasteiger partial charge in [0.2, 0.25) is 5.91 Å². The van der Waals surface area contributed by atoms with Crippen molar-refractivity contribution in [1.82, 2.24) is 15.6 Å². The molecule has 0 aliphatic carbocycles. The van der Waals surface area contributed by atoms with Gasteiger partial charge in [0.25, 0.3) is 0 Å². The van der Waals surface area contributed by atoms with Gasteiger partial charge in [-0.3, -0.25) is 14.4 Å². The van der Waals surface area contributed by atoms with E-state index in [0.717, 1.165) is 22.0 Å². The summed E-state index contributed by atoms with van der Waals surface area (Å²) in [6.07, 6.45) is 1.97. The summed E-state index contributed by atoms with van der Waals surface area (Å²) < 4.78 is 10.6. The SMILES string of the molecule is CC[C@H](C)C(NC(=O)[C@@H](CC(=O)[C@H](C)NC(=O)OCc1ccccc1)Cc1c[nH]c2ccccc12)C(=O)[C@@]1(C)CO1. The molecule has 0 radical (unpaired) electrons. The number of fused-ring (bicyclic) bond motifs is 1. The fourth-order valence-corrected chi connectivity index (χ4v) is 4.82. The largest absolute Gasteiger partial charge is 0.445 e. The van der Waals surface area contributed by atoms with E-state index in [2.05, 4.69) is 15.6 Å². The maximum atomic E-state index is 13.7. The van der Waals surface area contributed by atoms with Crippen LogP contribution in [0.15, 0.2) is 60.8 Å². The molecule has 2 aromatic carbocycles. The molecule has 1 aromatic heterocycles. The number of aromatic nitrogens is 1. The zero-order chi connectivity index (χ0) is 29.6. The molecule has 41 heavy (non-hydrogen) atoms. The number of aromatic amines is 1. The second-order valence-electron chi connectivity index (χ2n) is 11.1. The lowest BCUT2D eigenvalue weighted by molar-refractivity contribution is -0.135. The highest BCUT2D eigenvalue weighted by atomic mass is 16.6. The van der Waals surface area contributed by atoms with Crippen molar-refractivity contribution in [2.75, 3.05) is 6.61 Å². The van der Waals surface area contributed by atoms with Gasteiger partial charge in [0.1, 0.15) is 12.2 Å². The molecule has 1 fully saturated rings. The number of hydrogen-bond acceptors (Lipinski definition) is 6. The molecule has 1 aliphatic rings. The van der Waals surface area contributed by atoms with Crippen LogP contribution in [-0.4, -0.2) is 52.8 Å². The molecule has 2 amide bonds. The number of hydrogen-bond donors (Lipinski definition) is 3. The molecule has 0 bridgehead atoms. The number of amides is 2. The van der Waals surface area contributed by atoms with Gasteiger partial charge in [0, 0.05) is 29.4 Å². The van der Waals surface area contributed by atoms with E-state index in [1.54, 1.807) is 13.8 Å². The molecule has 3 N–H and O–H groups in total. The molecule has 9 heteroatoms. The number of carbonyl (C=O) groups is 4. The number of rotatable bonds is 14. The quantitative estimate of drug-likeness (QED) is 0.249. The first kappa shape index (κ1) is 30.0. The minimum atomic E-state index is -0.887. The number of epoxide rings is 1. The van der Waals surface area contributed by atoms with Crippen LogP contribution in [0.4, 0.5) is 4.79 Å². The van der Waals surface area contributed by atoms with Gasteiger partial charge in [-0.05, 0) is 43.4 Å². The third-order valence-electron chi connectivity index (χ3n) is 7.88. The van der Waals surface area contributed by atoms with Gasteiger partial charge >= 0.3 is 6.09 Å². The number of ether oxygens (including phenoxy) is 2. The monoisotopic (exact) mass is 561 g/mol. The summed E-state index contributed by atoms with van der Waals surface area (Å²) in [7, 11) is 0. The summed E-state index contributed by atoms with van der Waals surface area (Å²) in [4.78, 5) is 55.8. The van der Waals surface area contributed by atoms with Gasteiger partial charge < -0.3 is 25.1 Å². The predicted molar refractivity (Wildman–Crippen MR) is 155 cm³/mol. The van der Waals surface area contributed by atoms with E-state index in [0.29, 0.717) is 13.0 Å². The summed E-state index contributed by atoms with van der Waals surface area (Å²) in [6.45, 7) is 7.59. The normalized spacial score (nSPS) is 19.0. The van der Waals surface area contributed by atoms with Crippen molar-refractivity contribution < 1.29 is 28.7 Å². The smallest absolute Gasteiger partial charge is 0.408 e. The molecule has 4 rings (SSSR count). The van der Waals surface area contributed by atoms with Crippen LogP contribution in [0.3, 0.4) is 0 Å². The van der Waals surface area contributed by atoms with Crippen LogP contribution in [0, 0.1) is 11.8 Å². The first-order valence-electron chi connectivity index (χ1n) is 14.1. The van der Waals surface area contributed by atoms with Crippen molar-refractivity contribution in [3.05, 3.63) is 71.9 Å². The Morgan fingerprint density at radius 1 is 1.02 bits per heavy atom. The van der Waals surface area contributed by atoms with Gasteiger partial charge in [0.15, 0.2) is 11.6 Å². The average molecular weight is 562 g/mol. The van der Waals surface area contributed by atoms with Crippen LogP contribution in [0.5, 0.6) is 0 Å². The molecule has 1 aliphatic heterocycles. The molecular weight excluding hydrogens is 522 g/mol. The molecule has 0 spiro atoms. The van der Waals surface area contributed by atoms with Crippen LogP contribution < -0.4 is 10.6 Å². The molecule has 218 valence electrons. The van der Waals surface area contributed by atoms with E-state index in [4.69, 9.17) is 9.47 Å². The number of carbonyl (C=O) groups excluding carboxylic acids is 4. The number of H-pyrrole nitrogens is 1. The molecular formula is C32H39N3O6. The Morgan fingerprint density at radius 3 is 2.39 bits per heavy atom. The van der Waals surface area contributed by atoms with Gasteiger partial charge in [0.05, 0.1) is 18.7 Å². The van der Waals surface area contributed by atoms with Crippen molar-refractivity contribution in [3.8, 4) is 0 Å². The first-order valence-corrected chi connectivity index (χ1v) is 14.1. The Hall–Kier alpha value is -3.98. The topological polar surface area (TPSA) is 130 Å². The number of alkyl carbamates (subject to hydrolysis) is 1. The molecule has 0 saturated carbocycles. The second kappa shape index (κ2) is 13.1. The lowest BCUT2D eigenvalue weighted by Gasteiger charge is -2.27. The van der Waals surface area contributed by atoms with E-state index in [-0.39, 0.29) is 42.8 Å². The Labute approximate surface area is 240 Å². The van der Waals surface area contributed by atoms with Crippen LogP contribution >= 0.6 is 0 Å². The Kier molecular flexibility index (Phi) is 9.60. The van der Waals surface area contributed by atoms with E-state index in [1.807, 2.05) is 74.6 Å². The van der Waals surface area contributed by atoms with E-state index >= 15 is 0 Å². The van der Waals surface area contributed by atoms with E-state index < -0.39 is 29.7 Å². The van der Waals surface area contributed by atoms with Crippen molar-refractivity contribution in [2.24, 2.45) is 11.8 Å². The lowest BCUT2D eigenvalue weighted by atomic mass is 9.87. The van der Waals surface area contributed by atoms with Crippen LogP contribution in [0.2, 0.25) is 0 Å². The first-order chi connectivity index (χ1) is 19.6. The predicted octanol–water partition coefficient (Wildman–Crippen LogP) is 4.49. The Bertz CT molecular complexity index is 1380. The Morgan fingerprint density at radius 2 is 1.71 bits per heavy atom. The average Bonchev–Trinajstić information content (AvgIpc) is 3.61. The van der Waals surface area contributed by atoms with Crippen LogP contribution in [-0.2, 0) is 36.9 Å². The highest BCUT2D eigenvalue weighted by Crippen LogP contribution is 2.31. The van der Waals surface area contributed by atoms with Crippen LogP contribution in [0.25, 0.3) is 10.9 Å². The minimum Gasteiger partial charge on any atom is -0.445 e. The summed E-state index contributed by atoms with van der Waals surface area (Å²) >= 11 is 0. The highest BCUT2D eigenvalue weighted by molar-refractivity contribution is 5.98. The summed E-state index contributed by atoms with van der Waals surface area (Å²) in [6, 6.07) is 15.4. The number of nitrogens with one attached hydrogen (secondary N) is 3. The van der Waals surface area contributed by atoms with Crippen molar-refractivity contribution in [2.45, 2.75) is 71.2 Å². The number of benzene rings is 2. The highest BCUT2D eigenvalue weighted by Gasteiger charge is 2.51. The van der Waals surface area contributed by atoms with Crippen molar-refractivity contribution in [1.29, 1.82) is 0 Å². The van der Waals surface area contributed by atoms with Gasteiger partial charge in [-0.25, -0.2) is 4.79 Å². The van der Waals surface area contributed by atoms with E-state index in [1.165, 1.54) is 0 Å². The van der Waals surface area contributed by atoms with Crippen LogP contribution in [0.1, 0.15) is 51.7 Å². The zero-order valence-corrected chi connectivity index (χ0v) is 24.1. The van der Waals surface area contributed by atoms with Crippen molar-refractivity contribution >= 4 is 34.5 Å². The third kappa shape index (κ3) is 7.61. The maximum Gasteiger partial charge on any atom is 0.408 e. The number of ketones is 2. The second-order valence-corrected chi connectivity index (χ2v) is 11.1. The number of Topliss-reactive ketones (excluding diaryl/α,β-unsaturated/α-hetero) is 2. The fourth-order valence-electron chi connectivity index (χ4n) is 4.82. The standard InChI is InChI=1S/C32H39N3O6/c1-5-20(2)28(29(37)32(4)19-41-32)35-30(38)23(15-24-17-33-26-14-10-9-13-25(24)26)16-27(36)21(3)34-31(39)40-18-22-11-7-6-8-12-22/h6-14,17,20-21,23,28,33H,5,15-16,18-19H2,1-4H3,(H,34,39)(H,35,38)/t20-,21-,23+,28?,32+/m0/s1. The maximum absolute atomic E-state index is 13.7. The molecule has 1 saturated heterocycles. The van der Waals surface area contributed by atoms with Gasteiger partial charge in [-0.2, -0.15) is 0 Å². The zero-order valence-electron chi connectivity index (χ0n) is 24.1. The van der Waals surface area contributed by atoms with Gasteiger partial charge in [-0.15, -0.1) is 0 Å². The number of para-hydroxylation sites is 1. The van der Waals surface area contributed by atoms with E-state index in [9.17, 15) is 19.2 Å². The minimum absolute atomic E-state index is 0.0762.